The Bertz CT molecular complexity index is 558. The molecule has 0 heterocycles. The highest BCUT2D eigenvalue weighted by Gasteiger charge is 2.05. The highest BCUT2D eigenvalue weighted by molar-refractivity contribution is 6.13. The maximum absolute atomic E-state index is 11.9. The van der Waals surface area contributed by atoms with E-state index < -0.39 is 0 Å². The molecule has 0 unspecified atom stereocenters. The number of hydrogen-bond donors (Lipinski definition) is 2. The Kier molecular flexibility index (Phi) is 6.06. The first kappa shape index (κ1) is 15.4. The smallest absolute Gasteiger partial charge is 0.251 e. The molecule has 2 aromatic rings. The molecule has 2 rings (SSSR count). The molecule has 0 radical (unpaired) electrons. The number of para-hydroxylation sites is 1. The molecule has 0 aliphatic carbocycles. The van der Waals surface area contributed by atoms with Crippen molar-refractivity contribution in [1.29, 1.82) is 0 Å². The minimum absolute atomic E-state index is 0.101. The highest BCUT2D eigenvalue weighted by Crippen LogP contribution is 2.20. The van der Waals surface area contributed by atoms with Gasteiger partial charge in [0.15, 0.2) is 0 Å². The average Bonchev–Trinajstić information content (AvgIpc) is 2.53. The molecular formula is C16H17ClN2O2. The Morgan fingerprint density at radius 2 is 1.62 bits per heavy atom. The molecule has 4 nitrogen and oxygen atoms in total. The van der Waals surface area contributed by atoms with Gasteiger partial charge in [-0.2, -0.15) is 0 Å². The SMILES string of the molecule is O=C(NCCCNCl)c1ccc(Oc2ccccc2)cc1. The molecule has 0 saturated carbocycles. The van der Waals surface area contributed by atoms with E-state index in [2.05, 4.69) is 10.2 Å². The van der Waals surface area contributed by atoms with Crippen molar-refractivity contribution in [3.63, 3.8) is 0 Å². The zero-order chi connectivity index (χ0) is 14.9. The number of carbonyl (C=O) groups excluding carboxylic acids is 1. The van der Waals surface area contributed by atoms with Gasteiger partial charge in [-0.3, -0.25) is 4.79 Å². The minimum Gasteiger partial charge on any atom is -0.457 e. The van der Waals surface area contributed by atoms with E-state index in [1.807, 2.05) is 30.3 Å². The summed E-state index contributed by atoms with van der Waals surface area (Å²) in [6, 6.07) is 16.6. The van der Waals surface area contributed by atoms with Gasteiger partial charge in [0.1, 0.15) is 11.5 Å². The fourth-order valence-corrected chi connectivity index (χ4v) is 1.89. The summed E-state index contributed by atoms with van der Waals surface area (Å²) in [5.41, 5.74) is 0.606. The van der Waals surface area contributed by atoms with Crippen molar-refractivity contribution >= 4 is 17.7 Å². The molecule has 0 aliphatic rings. The van der Waals surface area contributed by atoms with Crippen LogP contribution in [-0.4, -0.2) is 19.0 Å². The number of rotatable bonds is 7. The molecule has 21 heavy (non-hydrogen) atoms. The monoisotopic (exact) mass is 304 g/mol. The van der Waals surface area contributed by atoms with E-state index in [-0.39, 0.29) is 5.91 Å². The highest BCUT2D eigenvalue weighted by atomic mass is 35.5. The van der Waals surface area contributed by atoms with Crippen LogP contribution in [0.5, 0.6) is 11.5 Å². The zero-order valence-electron chi connectivity index (χ0n) is 11.5. The van der Waals surface area contributed by atoms with Gasteiger partial charge in [0.25, 0.3) is 5.91 Å². The number of benzene rings is 2. The molecule has 0 bridgehead atoms. The van der Waals surface area contributed by atoms with Crippen LogP contribution in [0.2, 0.25) is 0 Å². The molecule has 5 heteroatoms. The van der Waals surface area contributed by atoms with E-state index in [4.69, 9.17) is 16.5 Å². The Hall–Kier alpha value is -2.04. The van der Waals surface area contributed by atoms with Gasteiger partial charge >= 0.3 is 0 Å². The molecular weight excluding hydrogens is 288 g/mol. The van der Waals surface area contributed by atoms with Crippen LogP contribution in [-0.2, 0) is 0 Å². The van der Waals surface area contributed by atoms with Gasteiger partial charge in [0.05, 0.1) is 0 Å². The minimum atomic E-state index is -0.101. The predicted octanol–water partition coefficient (Wildman–Crippen LogP) is 3.34. The van der Waals surface area contributed by atoms with Gasteiger partial charge in [-0.25, -0.2) is 4.84 Å². The molecule has 0 spiro atoms. The number of carbonyl (C=O) groups is 1. The molecule has 0 aromatic heterocycles. The average molecular weight is 305 g/mol. The number of halogens is 1. The number of nitrogens with one attached hydrogen (secondary N) is 2. The Labute approximate surface area is 129 Å². The third-order valence-corrected chi connectivity index (χ3v) is 3.02. The van der Waals surface area contributed by atoms with E-state index in [1.54, 1.807) is 24.3 Å². The fourth-order valence-electron chi connectivity index (χ4n) is 1.76. The normalized spacial score (nSPS) is 10.1. The van der Waals surface area contributed by atoms with Gasteiger partial charge < -0.3 is 10.1 Å². The van der Waals surface area contributed by atoms with Gasteiger partial charge in [-0.15, -0.1) is 0 Å². The second-order valence-electron chi connectivity index (χ2n) is 4.43. The lowest BCUT2D eigenvalue weighted by Gasteiger charge is -2.07. The van der Waals surface area contributed by atoms with Crippen LogP contribution >= 0.6 is 11.8 Å². The molecule has 0 atom stereocenters. The number of hydrogen-bond acceptors (Lipinski definition) is 3. The summed E-state index contributed by atoms with van der Waals surface area (Å²) in [7, 11) is 0. The fraction of sp³-hybridized carbons (Fsp3) is 0.188. The molecule has 0 fully saturated rings. The lowest BCUT2D eigenvalue weighted by atomic mass is 10.2. The molecule has 2 N–H and O–H groups in total. The maximum Gasteiger partial charge on any atom is 0.251 e. The van der Waals surface area contributed by atoms with Gasteiger partial charge in [-0.05, 0) is 54.6 Å². The van der Waals surface area contributed by atoms with Gasteiger partial charge in [0.2, 0.25) is 0 Å². The van der Waals surface area contributed by atoms with Crippen LogP contribution in [0.3, 0.4) is 0 Å². The lowest BCUT2D eigenvalue weighted by molar-refractivity contribution is 0.0953. The van der Waals surface area contributed by atoms with Crippen LogP contribution in [0.15, 0.2) is 54.6 Å². The summed E-state index contributed by atoms with van der Waals surface area (Å²) in [6.07, 6.45) is 0.782. The summed E-state index contributed by atoms with van der Waals surface area (Å²) in [5, 5.41) is 2.82. The van der Waals surface area contributed by atoms with Crippen molar-refractivity contribution in [3.05, 3.63) is 60.2 Å². The van der Waals surface area contributed by atoms with Crippen molar-refractivity contribution in [3.8, 4) is 11.5 Å². The lowest BCUT2D eigenvalue weighted by Crippen LogP contribution is -2.25. The second-order valence-corrected chi connectivity index (χ2v) is 4.70. The van der Waals surface area contributed by atoms with Crippen LogP contribution in [0.1, 0.15) is 16.8 Å². The van der Waals surface area contributed by atoms with Crippen molar-refractivity contribution < 1.29 is 9.53 Å². The Morgan fingerprint density at radius 1 is 0.952 bits per heavy atom. The summed E-state index contributed by atoms with van der Waals surface area (Å²) in [6.45, 7) is 1.24. The van der Waals surface area contributed by atoms with E-state index in [0.29, 0.717) is 24.4 Å². The first-order chi connectivity index (χ1) is 10.3. The summed E-state index contributed by atoms with van der Waals surface area (Å²) in [5.74, 6) is 1.36. The zero-order valence-corrected chi connectivity index (χ0v) is 12.3. The van der Waals surface area contributed by atoms with Crippen LogP contribution < -0.4 is 14.9 Å². The Balaban J connectivity index is 1.88. The first-order valence-corrected chi connectivity index (χ1v) is 7.12. The molecule has 2 aromatic carbocycles. The molecule has 0 aliphatic heterocycles. The van der Waals surface area contributed by atoms with Crippen LogP contribution in [0, 0.1) is 0 Å². The van der Waals surface area contributed by atoms with Crippen molar-refractivity contribution in [2.45, 2.75) is 6.42 Å². The largest absolute Gasteiger partial charge is 0.457 e. The number of amides is 1. The molecule has 0 saturated heterocycles. The van der Waals surface area contributed by atoms with Gasteiger partial charge in [-0.1, -0.05) is 18.2 Å². The van der Waals surface area contributed by atoms with E-state index in [9.17, 15) is 4.79 Å². The van der Waals surface area contributed by atoms with Crippen LogP contribution in [0.4, 0.5) is 0 Å². The Morgan fingerprint density at radius 3 is 2.29 bits per heavy atom. The van der Waals surface area contributed by atoms with E-state index in [0.717, 1.165) is 12.2 Å². The number of ether oxygens (including phenoxy) is 1. The van der Waals surface area contributed by atoms with Crippen molar-refractivity contribution in [1.82, 2.24) is 10.2 Å². The third-order valence-electron chi connectivity index (χ3n) is 2.83. The maximum atomic E-state index is 11.9. The van der Waals surface area contributed by atoms with E-state index in [1.165, 1.54) is 0 Å². The van der Waals surface area contributed by atoms with E-state index >= 15 is 0 Å². The summed E-state index contributed by atoms with van der Waals surface area (Å²) in [4.78, 5) is 14.4. The standard InChI is InChI=1S/C16H17ClN2O2/c17-19-12-4-11-18-16(20)13-7-9-15(10-8-13)21-14-5-2-1-3-6-14/h1-3,5-10,19H,4,11-12H2,(H,18,20). The van der Waals surface area contributed by atoms with Gasteiger partial charge in [0, 0.05) is 18.7 Å². The predicted molar refractivity (Wildman–Crippen MR) is 83.8 cm³/mol. The van der Waals surface area contributed by atoms with Crippen molar-refractivity contribution in [2.24, 2.45) is 0 Å². The summed E-state index contributed by atoms with van der Waals surface area (Å²) < 4.78 is 5.67. The quantitative estimate of drug-likeness (QED) is 0.609. The first-order valence-electron chi connectivity index (χ1n) is 6.74. The molecule has 110 valence electrons. The topological polar surface area (TPSA) is 50.4 Å². The third kappa shape index (κ3) is 5.10. The molecule has 1 amide bonds. The second kappa shape index (κ2) is 8.29. The summed E-state index contributed by atoms with van der Waals surface area (Å²) >= 11 is 5.34. The van der Waals surface area contributed by atoms with Crippen LogP contribution in [0.25, 0.3) is 0 Å². The van der Waals surface area contributed by atoms with Crippen molar-refractivity contribution in [2.75, 3.05) is 13.1 Å².